The molecule has 20 heavy (non-hydrogen) atoms. The fourth-order valence-corrected chi connectivity index (χ4v) is 2.13. The second-order valence-electron chi connectivity index (χ2n) is 3.87. The molecular weight excluding hydrogens is 280 g/mol. The van der Waals surface area contributed by atoms with Gasteiger partial charge in [0.25, 0.3) is 0 Å². The summed E-state index contributed by atoms with van der Waals surface area (Å²) in [4.78, 5) is 22.8. The van der Waals surface area contributed by atoms with E-state index in [0.29, 0.717) is 17.8 Å². The van der Waals surface area contributed by atoms with Crippen molar-refractivity contribution < 1.29 is 14.3 Å². The number of carbonyl (C=O) groups is 2. The molecule has 0 aliphatic heterocycles. The number of aromatic nitrogens is 2. The van der Waals surface area contributed by atoms with Crippen molar-refractivity contribution in [3.8, 4) is 0 Å². The third-order valence-corrected chi connectivity index (χ3v) is 3.00. The van der Waals surface area contributed by atoms with Crippen molar-refractivity contribution in [2.75, 3.05) is 18.5 Å². The Bertz CT molecular complexity index is 614. The van der Waals surface area contributed by atoms with E-state index in [0.717, 1.165) is 17.2 Å². The molecule has 0 saturated heterocycles. The molecule has 2 rings (SSSR count). The van der Waals surface area contributed by atoms with E-state index in [-0.39, 0.29) is 18.9 Å². The fourth-order valence-electron chi connectivity index (χ4n) is 1.58. The highest BCUT2D eigenvalue weighted by Gasteiger charge is 2.08. The summed E-state index contributed by atoms with van der Waals surface area (Å²) in [6.45, 7) is 2.29. The summed E-state index contributed by atoms with van der Waals surface area (Å²) in [7, 11) is 0. The Balaban J connectivity index is 1.85. The van der Waals surface area contributed by atoms with E-state index in [4.69, 9.17) is 4.74 Å². The van der Waals surface area contributed by atoms with Crippen LogP contribution in [0.4, 0.5) is 10.5 Å². The van der Waals surface area contributed by atoms with E-state index >= 15 is 0 Å². The van der Waals surface area contributed by atoms with Crippen LogP contribution in [0.15, 0.2) is 18.2 Å². The van der Waals surface area contributed by atoms with Crippen LogP contribution in [0.25, 0.3) is 11.0 Å². The number of nitrogens with one attached hydrogen (secondary N) is 2. The third kappa shape index (κ3) is 3.64. The SMILES string of the molecule is CCOC(=O)CCNC(=O)Nc1cccc2nsnc12. The van der Waals surface area contributed by atoms with Crippen LogP contribution in [-0.2, 0) is 9.53 Å². The Morgan fingerprint density at radius 3 is 3.00 bits per heavy atom. The lowest BCUT2D eigenvalue weighted by atomic mass is 10.2. The highest BCUT2D eigenvalue weighted by atomic mass is 32.1. The molecule has 0 fully saturated rings. The number of esters is 1. The molecule has 0 aliphatic carbocycles. The van der Waals surface area contributed by atoms with Crippen LogP contribution in [0.5, 0.6) is 0 Å². The van der Waals surface area contributed by atoms with Crippen molar-refractivity contribution in [1.82, 2.24) is 14.1 Å². The van der Waals surface area contributed by atoms with Gasteiger partial charge in [0.15, 0.2) is 0 Å². The number of urea groups is 1. The normalized spacial score (nSPS) is 10.2. The van der Waals surface area contributed by atoms with Gasteiger partial charge in [-0.1, -0.05) is 6.07 Å². The molecule has 0 spiro atoms. The monoisotopic (exact) mass is 294 g/mol. The van der Waals surface area contributed by atoms with Gasteiger partial charge < -0.3 is 15.4 Å². The van der Waals surface area contributed by atoms with Gasteiger partial charge in [0.1, 0.15) is 11.0 Å². The van der Waals surface area contributed by atoms with Gasteiger partial charge in [0.05, 0.1) is 30.4 Å². The van der Waals surface area contributed by atoms with Crippen molar-refractivity contribution in [2.45, 2.75) is 13.3 Å². The van der Waals surface area contributed by atoms with E-state index in [1.165, 1.54) is 0 Å². The molecule has 0 unspecified atom stereocenters. The molecule has 106 valence electrons. The van der Waals surface area contributed by atoms with Crippen LogP contribution in [-0.4, -0.2) is 33.9 Å². The van der Waals surface area contributed by atoms with Gasteiger partial charge in [-0.3, -0.25) is 4.79 Å². The van der Waals surface area contributed by atoms with Crippen LogP contribution < -0.4 is 10.6 Å². The fraction of sp³-hybridized carbons (Fsp3) is 0.333. The first kappa shape index (κ1) is 14.2. The summed E-state index contributed by atoms with van der Waals surface area (Å²) in [5.41, 5.74) is 1.97. The Morgan fingerprint density at radius 1 is 1.35 bits per heavy atom. The number of hydrogen-bond acceptors (Lipinski definition) is 6. The predicted molar refractivity (Wildman–Crippen MR) is 75.7 cm³/mol. The Kier molecular flexibility index (Phi) is 4.83. The highest BCUT2D eigenvalue weighted by Crippen LogP contribution is 2.20. The Hall–Kier alpha value is -2.22. The lowest BCUT2D eigenvalue weighted by molar-refractivity contribution is -0.142. The number of ether oxygens (including phenoxy) is 1. The van der Waals surface area contributed by atoms with Crippen LogP contribution >= 0.6 is 11.7 Å². The van der Waals surface area contributed by atoms with Gasteiger partial charge in [0.2, 0.25) is 0 Å². The molecule has 1 heterocycles. The summed E-state index contributed by atoms with van der Waals surface area (Å²) >= 11 is 1.09. The zero-order valence-electron chi connectivity index (χ0n) is 10.9. The first-order valence-corrected chi connectivity index (χ1v) is 6.85. The number of anilines is 1. The molecule has 7 nitrogen and oxygen atoms in total. The molecule has 2 N–H and O–H groups in total. The smallest absolute Gasteiger partial charge is 0.319 e. The van der Waals surface area contributed by atoms with Crippen molar-refractivity contribution in [3.05, 3.63) is 18.2 Å². The quantitative estimate of drug-likeness (QED) is 0.820. The summed E-state index contributed by atoms with van der Waals surface area (Å²) in [6, 6.07) is 4.96. The Morgan fingerprint density at radius 2 is 2.20 bits per heavy atom. The summed E-state index contributed by atoms with van der Waals surface area (Å²) in [6.07, 6.45) is 0.143. The molecule has 8 heteroatoms. The molecule has 1 aromatic heterocycles. The van der Waals surface area contributed by atoms with E-state index in [9.17, 15) is 9.59 Å². The van der Waals surface area contributed by atoms with Crippen molar-refractivity contribution in [2.24, 2.45) is 0 Å². The zero-order valence-corrected chi connectivity index (χ0v) is 11.7. The van der Waals surface area contributed by atoms with Gasteiger partial charge in [-0.15, -0.1) is 0 Å². The van der Waals surface area contributed by atoms with Crippen molar-refractivity contribution in [3.63, 3.8) is 0 Å². The van der Waals surface area contributed by atoms with E-state index in [2.05, 4.69) is 19.4 Å². The maximum absolute atomic E-state index is 11.7. The second kappa shape index (κ2) is 6.80. The number of rotatable bonds is 5. The lowest BCUT2D eigenvalue weighted by Crippen LogP contribution is -2.31. The Labute approximate surface area is 119 Å². The molecule has 0 saturated carbocycles. The van der Waals surface area contributed by atoms with Crippen molar-refractivity contribution in [1.29, 1.82) is 0 Å². The van der Waals surface area contributed by atoms with Crippen LogP contribution in [0, 0.1) is 0 Å². The number of carbonyl (C=O) groups excluding carboxylic acids is 2. The van der Waals surface area contributed by atoms with Crippen LogP contribution in [0.2, 0.25) is 0 Å². The topological polar surface area (TPSA) is 93.2 Å². The number of amides is 2. The summed E-state index contributed by atoms with van der Waals surface area (Å²) in [5, 5.41) is 5.26. The van der Waals surface area contributed by atoms with Gasteiger partial charge in [-0.25, -0.2) is 4.79 Å². The second-order valence-corrected chi connectivity index (χ2v) is 4.40. The van der Waals surface area contributed by atoms with Crippen molar-refractivity contribution >= 4 is 40.4 Å². The molecule has 0 aliphatic rings. The molecular formula is C12H14N4O3S. The molecule has 0 atom stereocenters. The molecule has 2 amide bonds. The molecule has 1 aromatic carbocycles. The van der Waals surface area contributed by atoms with Gasteiger partial charge in [-0.2, -0.15) is 8.75 Å². The number of fused-ring (bicyclic) bond motifs is 1. The number of nitrogens with zero attached hydrogens (tertiary/aromatic N) is 2. The van der Waals surface area contributed by atoms with Crippen LogP contribution in [0.1, 0.15) is 13.3 Å². The number of benzene rings is 1. The lowest BCUT2D eigenvalue weighted by Gasteiger charge is -2.07. The average Bonchev–Trinajstić information content (AvgIpc) is 2.88. The zero-order chi connectivity index (χ0) is 14.4. The van der Waals surface area contributed by atoms with E-state index in [1.54, 1.807) is 19.1 Å². The maximum Gasteiger partial charge on any atom is 0.319 e. The van der Waals surface area contributed by atoms with Crippen LogP contribution in [0.3, 0.4) is 0 Å². The minimum Gasteiger partial charge on any atom is -0.466 e. The summed E-state index contributed by atoms with van der Waals surface area (Å²) in [5.74, 6) is -0.335. The third-order valence-electron chi connectivity index (χ3n) is 2.45. The van der Waals surface area contributed by atoms with E-state index < -0.39 is 6.03 Å². The van der Waals surface area contributed by atoms with Gasteiger partial charge in [-0.05, 0) is 19.1 Å². The number of hydrogen-bond donors (Lipinski definition) is 2. The first-order chi connectivity index (χ1) is 9.70. The highest BCUT2D eigenvalue weighted by molar-refractivity contribution is 7.00. The largest absolute Gasteiger partial charge is 0.466 e. The summed E-state index contributed by atoms with van der Waals surface area (Å²) < 4.78 is 13.0. The average molecular weight is 294 g/mol. The molecule has 2 aromatic rings. The molecule has 0 bridgehead atoms. The van der Waals surface area contributed by atoms with Gasteiger partial charge >= 0.3 is 12.0 Å². The van der Waals surface area contributed by atoms with Gasteiger partial charge in [0, 0.05) is 6.54 Å². The first-order valence-electron chi connectivity index (χ1n) is 6.12. The minimum atomic E-state index is -0.394. The van der Waals surface area contributed by atoms with E-state index in [1.807, 2.05) is 6.07 Å². The molecule has 0 radical (unpaired) electrons. The standard InChI is InChI=1S/C12H14N4O3S/c1-2-19-10(17)6-7-13-12(18)14-8-4-3-5-9-11(8)16-20-15-9/h3-5H,2,6-7H2,1H3,(H2,13,14,18). The maximum atomic E-state index is 11.7. The predicted octanol–water partition coefficient (Wildman–Crippen LogP) is 1.77. The minimum absolute atomic E-state index is 0.143.